The van der Waals surface area contributed by atoms with Crippen LogP contribution in [0.25, 0.3) is 0 Å². The Balaban J connectivity index is 1.48. The summed E-state index contributed by atoms with van der Waals surface area (Å²) in [5.74, 6) is -0.863. The minimum Gasteiger partial charge on any atom is -0.489 e. The van der Waals surface area contributed by atoms with Crippen LogP contribution in [0.3, 0.4) is 0 Å². The van der Waals surface area contributed by atoms with Gasteiger partial charge in [-0.2, -0.15) is 0 Å². The number of benzene rings is 2. The summed E-state index contributed by atoms with van der Waals surface area (Å²) in [6.07, 6.45) is 3.70. The number of rotatable bonds is 6. The summed E-state index contributed by atoms with van der Waals surface area (Å²) >= 11 is 6.17. The second-order valence-corrected chi connectivity index (χ2v) is 8.40. The molecule has 0 amide bonds. The van der Waals surface area contributed by atoms with E-state index in [9.17, 15) is 13.6 Å². The lowest BCUT2D eigenvalue weighted by Crippen LogP contribution is -2.40. The molecule has 1 unspecified atom stereocenters. The highest BCUT2D eigenvalue weighted by molar-refractivity contribution is 6.31. The molecule has 0 N–H and O–H groups in total. The van der Waals surface area contributed by atoms with E-state index in [0.717, 1.165) is 43.4 Å². The predicted octanol–water partition coefficient (Wildman–Crippen LogP) is 5.33. The summed E-state index contributed by atoms with van der Waals surface area (Å²) in [6, 6.07) is 7.33. The van der Waals surface area contributed by atoms with Crippen LogP contribution in [0.2, 0.25) is 5.02 Å². The molecule has 4 nitrogen and oxygen atoms in total. The third-order valence-electron chi connectivity index (χ3n) is 5.69. The molecule has 0 radical (unpaired) electrons. The first-order valence-corrected chi connectivity index (χ1v) is 10.6. The van der Waals surface area contributed by atoms with Gasteiger partial charge >= 0.3 is 5.97 Å². The average Bonchev–Trinajstić information content (AvgIpc) is 3.55. The highest BCUT2D eigenvalue weighted by Gasteiger charge is 2.31. The molecule has 1 saturated heterocycles. The van der Waals surface area contributed by atoms with Gasteiger partial charge < -0.3 is 9.47 Å². The van der Waals surface area contributed by atoms with E-state index in [0.29, 0.717) is 29.8 Å². The molecule has 4 rings (SSSR count). The molecule has 2 aromatic rings. The number of hydrogen-bond donors (Lipinski definition) is 0. The van der Waals surface area contributed by atoms with Crippen molar-refractivity contribution in [1.82, 2.24) is 4.90 Å². The normalized spacial score (nSPS) is 19.5. The van der Waals surface area contributed by atoms with Crippen LogP contribution in [0.4, 0.5) is 8.78 Å². The highest BCUT2D eigenvalue weighted by atomic mass is 35.5. The molecule has 2 fully saturated rings. The minimum atomic E-state index is -0.680. The number of halogens is 3. The Morgan fingerprint density at radius 2 is 2.00 bits per heavy atom. The van der Waals surface area contributed by atoms with E-state index in [1.165, 1.54) is 25.3 Å². The van der Waals surface area contributed by atoms with E-state index >= 15 is 0 Å². The number of esters is 1. The Morgan fingerprint density at radius 3 is 2.70 bits per heavy atom. The number of piperidine rings is 1. The predicted molar refractivity (Wildman–Crippen MR) is 110 cm³/mol. The van der Waals surface area contributed by atoms with Crippen molar-refractivity contribution < 1.29 is 23.0 Å². The molecule has 1 aliphatic heterocycles. The lowest BCUT2D eigenvalue weighted by Gasteiger charge is -2.33. The van der Waals surface area contributed by atoms with Crippen LogP contribution < -0.4 is 4.74 Å². The SMILES string of the molecule is COC(=O)c1cc(C2CC2)c(OC2CCCN(Cc3ccc(F)cc3Cl)C2)cc1F. The fourth-order valence-corrected chi connectivity index (χ4v) is 4.20. The number of hydrogen-bond acceptors (Lipinski definition) is 4. The summed E-state index contributed by atoms with van der Waals surface area (Å²) in [7, 11) is 1.24. The summed E-state index contributed by atoms with van der Waals surface area (Å²) in [5.41, 5.74) is 1.68. The van der Waals surface area contributed by atoms with Crippen LogP contribution in [0.5, 0.6) is 5.75 Å². The molecular weight excluding hydrogens is 412 g/mol. The Hall–Kier alpha value is -2.18. The van der Waals surface area contributed by atoms with Crippen LogP contribution in [-0.2, 0) is 11.3 Å². The van der Waals surface area contributed by atoms with Crippen molar-refractivity contribution in [3.8, 4) is 5.75 Å². The maximum absolute atomic E-state index is 14.5. The first-order chi connectivity index (χ1) is 14.4. The zero-order valence-electron chi connectivity index (χ0n) is 16.8. The second kappa shape index (κ2) is 8.90. The highest BCUT2D eigenvalue weighted by Crippen LogP contribution is 2.45. The molecule has 1 aliphatic carbocycles. The lowest BCUT2D eigenvalue weighted by molar-refractivity contribution is 0.0594. The van der Waals surface area contributed by atoms with Crippen LogP contribution in [0.1, 0.15) is 53.1 Å². The maximum atomic E-state index is 14.5. The Bertz CT molecular complexity index is 948. The fourth-order valence-electron chi connectivity index (χ4n) is 3.98. The Morgan fingerprint density at radius 1 is 1.20 bits per heavy atom. The molecule has 0 aromatic heterocycles. The Kier molecular flexibility index (Phi) is 6.25. The minimum absolute atomic E-state index is 0.0528. The van der Waals surface area contributed by atoms with Crippen molar-refractivity contribution in [2.45, 2.75) is 44.2 Å². The molecule has 1 atom stereocenters. The van der Waals surface area contributed by atoms with E-state index in [1.54, 1.807) is 12.1 Å². The maximum Gasteiger partial charge on any atom is 0.340 e. The van der Waals surface area contributed by atoms with Gasteiger partial charge in [0.2, 0.25) is 0 Å². The quantitative estimate of drug-likeness (QED) is 0.575. The molecule has 2 aliphatic rings. The van der Waals surface area contributed by atoms with Gasteiger partial charge in [-0.1, -0.05) is 17.7 Å². The lowest BCUT2D eigenvalue weighted by atomic mass is 10.0. The standard InChI is InChI=1S/C23H24ClF2NO3/c1-29-23(28)19-10-18(14-4-5-14)22(11-21(19)26)30-17-3-2-8-27(13-17)12-15-6-7-16(25)9-20(15)24/h6-7,9-11,14,17H,2-5,8,12-13H2,1H3. The van der Waals surface area contributed by atoms with Crippen molar-refractivity contribution in [2.24, 2.45) is 0 Å². The van der Waals surface area contributed by atoms with Gasteiger partial charge in [0.15, 0.2) is 0 Å². The first-order valence-electron chi connectivity index (χ1n) is 10.2. The van der Waals surface area contributed by atoms with Gasteiger partial charge in [0.05, 0.1) is 12.7 Å². The first kappa shape index (κ1) is 21.1. The summed E-state index contributed by atoms with van der Waals surface area (Å²) in [5, 5.41) is 0.412. The number of carbonyl (C=O) groups is 1. The molecule has 0 spiro atoms. The van der Waals surface area contributed by atoms with Crippen molar-refractivity contribution in [2.75, 3.05) is 20.2 Å². The number of methoxy groups -OCH3 is 1. The van der Waals surface area contributed by atoms with Gasteiger partial charge in [-0.15, -0.1) is 0 Å². The summed E-state index contributed by atoms with van der Waals surface area (Å²) in [6.45, 7) is 2.15. The zero-order chi connectivity index (χ0) is 21.3. The van der Waals surface area contributed by atoms with Crippen molar-refractivity contribution in [1.29, 1.82) is 0 Å². The zero-order valence-corrected chi connectivity index (χ0v) is 17.6. The molecule has 2 aromatic carbocycles. The van der Waals surface area contributed by atoms with Crippen molar-refractivity contribution in [3.63, 3.8) is 0 Å². The smallest absolute Gasteiger partial charge is 0.340 e. The Labute approximate surface area is 179 Å². The van der Waals surface area contributed by atoms with Crippen LogP contribution >= 0.6 is 11.6 Å². The third kappa shape index (κ3) is 4.76. The van der Waals surface area contributed by atoms with Gasteiger partial charge in [-0.05, 0) is 67.5 Å². The number of ether oxygens (including phenoxy) is 2. The molecule has 160 valence electrons. The molecule has 1 heterocycles. The van der Waals surface area contributed by atoms with Crippen molar-refractivity contribution >= 4 is 17.6 Å². The van der Waals surface area contributed by atoms with Crippen LogP contribution in [-0.4, -0.2) is 37.2 Å². The fraction of sp³-hybridized carbons (Fsp3) is 0.435. The molecule has 0 bridgehead atoms. The number of carbonyl (C=O) groups excluding carboxylic acids is 1. The molecule has 30 heavy (non-hydrogen) atoms. The van der Waals surface area contributed by atoms with Gasteiger partial charge in [0.1, 0.15) is 23.5 Å². The van der Waals surface area contributed by atoms with Gasteiger partial charge in [-0.25, -0.2) is 13.6 Å². The molecule has 1 saturated carbocycles. The van der Waals surface area contributed by atoms with Crippen LogP contribution in [0.15, 0.2) is 30.3 Å². The van der Waals surface area contributed by atoms with Crippen molar-refractivity contribution in [3.05, 3.63) is 63.7 Å². The van der Waals surface area contributed by atoms with Gasteiger partial charge in [-0.3, -0.25) is 4.90 Å². The van der Waals surface area contributed by atoms with E-state index < -0.39 is 11.8 Å². The van der Waals surface area contributed by atoms with E-state index in [1.807, 2.05) is 0 Å². The second-order valence-electron chi connectivity index (χ2n) is 7.99. The third-order valence-corrected chi connectivity index (χ3v) is 6.04. The van der Waals surface area contributed by atoms with E-state index in [4.69, 9.17) is 16.3 Å². The van der Waals surface area contributed by atoms with Gasteiger partial charge in [0, 0.05) is 24.2 Å². The largest absolute Gasteiger partial charge is 0.489 e. The van der Waals surface area contributed by atoms with Gasteiger partial charge in [0.25, 0.3) is 0 Å². The molecule has 7 heteroatoms. The van der Waals surface area contributed by atoms with E-state index in [-0.39, 0.29) is 17.5 Å². The summed E-state index contributed by atoms with van der Waals surface area (Å²) in [4.78, 5) is 14.1. The number of likely N-dealkylation sites (tertiary alicyclic amines) is 1. The monoisotopic (exact) mass is 435 g/mol. The van der Waals surface area contributed by atoms with Crippen LogP contribution in [0, 0.1) is 11.6 Å². The average molecular weight is 436 g/mol. The number of nitrogens with zero attached hydrogens (tertiary/aromatic N) is 1. The summed E-state index contributed by atoms with van der Waals surface area (Å²) < 4.78 is 38.7. The van der Waals surface area contributed by atoms with E-state index in [2.05, 4.69) is 9.64 Å². The molecular formula is C23H24ClF2NO3. The topological polar surface area (TPSA) is 38.8 Å².